The molecular formula is C19H26N2O5. The number of aliphatic hydroxyl groups is 1. The Morgan fingerprint density at radius 3 is 2.58 bits per heavy atom. The zero-order valence-electron chi connectivity index (χ0n) is 15.5. The number of amides is 2. The Hall–Kier alpha value is -2.28. The quantitative estimate of drug-likeness (QED) is 0.865. The number of fused-ring (bicyclic) bond motifs is 1. The molecule has 2 heterocycles. The number of methoxy groups -OCH3 is 2. The second-order valence-corrected chi connectivity index (χ2v) is 7.18. The van der Waals surface area contributed by atoms with Gasteiger partial charge in [0.15, 0.2) is 0 Å². The zero-order valence-corrected chi connectivity index (χ0v) is 15.5. The van der Waals surface area contributed by atoms with Crippen LogP contribution in [0, 0.1) is 11.3 Å². The standard InChI is InChI=1S/C19H26N2O5/c1-13(23)20-7-6-19(12-22)11-21(10-14(19)9-20)18(24)16-5-4-15(25-2)8-17(16)26-3/h4-5,8,14,22H,6-7,9-12H2,1-3H3/t14-,19+/m0/s1. The first-order valence-electron chi connectivity index (χ1n) is 8.82. The molecule has 2 aliphatic rings. The van der Waals surface area contributed by atoms with E-state index in [-0.39, 0.29) is 29.8 Å². The Bertz CT molecular complexity index is 707. The molecule has 0 spiro atoms. The second-order valence-electron chi connectivity index (χ2n) is 7.18. The van der Waals surface area contributed by atoms with Gasteiger partial charge in [-0.05, 0) is 18.6 Å². The number of hydrogen-bond donors (Lipinski definition) is 1. The summed E-state index contributed by atoms with van der Waals surface area (Å²) in [5, 5.41) is 10.0. The fourth-order valence-corrected chi connectivity index (χ4v) is 4.13. The molecule has 1 N–H and O–H groups in total. The van der Waals surface area contributed by atoms with Crippen LogP contribution >= 0.6 is 0 Å². The molecule has 3 rings (SSSR count). The fourth-order valence-electron chi connectivity index (χ4n) is 4.13. The molecule has 26 heavy (non-hydrogen) atoms. The van der Waals surface area contributed by atoms with Gasteiger partial charge in [0.1, 0.15) is 11.5 Å². The molecule has 1 aromatic carbocycles. The number of aliphatic hydroxyl groups excluding tert-OH is 1. The number of rotatable bonds is 4. The molecule has 2 aliphatic heterocycles. The van der Waals surface area contributed by atoms with Crippen molar-refractivity contribution >= 4 is 11.8 Å². The van der Waals surface area contributed by atoms with Gasteiger partial charge < -0.3 is 24.4 Å². The van der Waals surface area contributed by atoms with Crippen molar-refractivity contribution in [1.29, 1.82) is 0 Å². The molecule has 2 fully saturated rings. The van der Waals surface area contributed by atoms with E-state index in [2.05, 4.69) is 0 Å². The van der Waals surface area contributed by atoms with Gasteiger partial charge in [0.25, 0.3) is 5.91 Å². The average molecular weight is 362 g/mol. The minimum absolute atomic E-state index is 0.0208. The monoisotopic (exact) mass is 362 g/mol. The lowest BCUT2D eigenvalue weighted by Crippen LogP contribution is -2.50. The summed E-state index contributed by atoms with van der Waals surface area (Å²) in [5.41, 5.74) is 0.143. The van der Waals surface area contributed by atoms with E-state index in [1.165, 1.54) is 7.11 Å². The maximum atomic E-state index is 13.1. The third-order valence-electron chi connectivity index (χ3n) is 5.82. The van der Waals surface area contributed by atoms with Crippen LogP contribution in [0.25, 0.3) is 0 Å². The van der Waals surface area contributed by atoms with Crippen molar-refractivity contribution in [1.82, 2.24) is 9.80 Å². The van der Waals surface area contributed by atoms with Crippen molar-refractivity contribution in [2.45, 2.75) is 13.3 Å². The first-order valence-corrected chi connectivity index (χ1v) is 8.82. The first kappa shape index (κ1) is 18.5. The lowest BCUT2D eigenvalue weighted by Gasteiger charge is -2.41. The normalized spacial score (nSPS) is 25.0. The molecule has 2 atom stereocenters. The Morgan fingerprint density at radius 2 is 1.96 bits per heavy atom. The summed E-state index contributed by atoms with van der Waals surface area (Å²) in [7, 11) is 3.09. The summed E-state index contributed by atoms with van der Waals surface area (Å²) in [4.78, 5) is 28.4. The fraction of sp³-hybridized carbons (Fsp3) is 0.579. The van der Waals surface area contributed by atoms with Gasteiger partial charge in [0.2, 0.25) is 5.91 Å². The number of nitrogens with zero attached hydrogens (tertiary/aromatic N) is 2. The molecule has 0 saturated carbocycles. The number of ether oxygens (including phenoxy) is 2. The van der Waals surface area contributed by atoms with E-state index in [1.54, 1.807) is 42.0 Å². The predicted molar refractivity (Wildman–Crippen MR) is 95.3 cm³/mol. The molecule has 0 unspecified atom stereocenters. The van der Waals surface area contributed by atoms with Gasteiger partial charge in [-0.15, -0.1) is 0 Å². The molecule has 0 aromatic heterocycles. The third kappa shape index (κ3) is 3.11. The van der Waals surface area contributed by atoms with Gasteiger partial charge in [0, 0.05) is 50.5 Å². The molecule has 0 aliphatic carbocycles. The molecular weight excluding hydrogens is 336 g/mol. The van der Waals surface area contributed by atoms with Crippen LogP contribution < -0.4 is 9.47 Å². The Morgan fingerprint density at radius 1 is 1.23 bits per heavy atom. The van der Waals surface area contributed by atoms with Gasteiger partial charge in [-0.1, -0.05) is 0 Å². The van der Waals surface area contributed by atoms with E-state index >= 15 is 0 Å². The minimum atomic E-state index is -0.332. The van der Waals surface area contributed by atoms with E-state index < -0.39 is 0 Å². The van der Waals surface area contributed by atoms with Crippen LogP contribution in [0.15, 0.2) is 18.2 Å². The summed E-state index contributed by atoms with van der Waals surface area (Å²) in [6.45, 7) is 3.81. The van der Waals surface area contributed by atoms with Crippen molar-refractivity contribution in [2.75, 3.05) is 47.0 Å². The zero-order chi connectivity index (χ0) is 18.9. The predicted octanol–water partition coefficient (Wildman–Crippen LogP) is 1.01. The second kappa shape index (κ2) is 7.15. The maximum absolute atomic E-state index is 13.1. The highest BCUT2D eigenvalue weighted by molar-refractivity contribution is 5.97. The lowest BCUT2D eigenvalue weighted by molar-refractivity contribution is -0.133. The van der Waals surface area contributed by atoms with Gasteiger partial charge in [-0.2, -0.15) is 0 Å². The topological polar surface area (TPSA) is 79.3 Å². The number of carbonyl (C=O) groups excluding carboxylic acids is 2. The van der Waals surface area contributed by atoms with Crippen LogP contribution in [0.3, 0.4) is 0 Å². The molecule has 7 heteroatoms. The van der Waals surface area contributed by atoms with Crippen molar-refractivity contribution in [3.8, 4) is 11.5 Å². The Kier molecular flexibility index (Phi) is 5.09. The number of likely N-dealkylation sites (tertiary alicyclic amines) is 2. The van der Waals surface area contributed by atoms with E-state index in [0.717, 1.165) is 0 Å². The molecule has 0 radical (unpaired) electrons. The van der Waals surface area contributed by atoms with Crippen molar-refractivity contribution in [2.24, 2.45) is 11.3 Å². The van der Waals surface area contributed by atoms with Crippen LogP contribution in [-0.4, -0.2) is 73.7 Å². The SMILES string of the molecule is COc1ccc(C(=O)N2C[C@@H]3CN(C(C)=O)CC[C@]3(CO)C2)c(OC)c1. The van der Waals surface area contributed by atoms with Crippen LogP contribution in [0.4, 0.5) is 0 Å². The highest BCUT2D eigenvalue weighted by Gasteiger charge is 2.50. The average Bonchev–Trinajstić information content (AvgIpc) is 3.06. The van der Waals surface area contributed by atoms with Gasteiger partial charge in [-0.25, -0.2) is 0 Å². The van der Waals surface area contributed by atoms with Gasteiger partial charge >= 0.3 is 0 Å². The number of piperidine rings is 1. The van der Waals surface area contributed by atoms with E-state index in [0.29, 0.717) is 49.7 Å². The largest absolute Gasteiger partial charge is 0.497 e. The van der Waals surface area contributed by atoms with E-state index in [4.69, 9.17) is 9.47 Å². The summed E-state index contributed by atoms with van der Waals surface area (Å²) < 4.78 is 10.5. The molecule has 142 valence electrons. The molecule has 2 amide bonds. The molecule has 7 nitrogen and oxygen atoms in total. The summed E-state index contributed by atoms with van der Waals surface area (Å²) in [5.74, 6) is 1.09. The highest BCUT2D eigenvalue weighted by Crippen LogP contribution is 2.43. The first-order chi connectivity index (χ1) is 12.4. The van der Waals surface area contributed by atoms with Crippen LogP contribution in [0.5, 0.6) is 11.5 Å². The Labute approximate surface area is 153 Å². The summed E-state index contributed by atoms with van der Waals surface area (Å²) in [6, 6.07) is 5.13. The lowest BCUT2D eigenvalue weighted by atomic mass is 9.73. The maximum Gasteiger partial charge on any atom is 0.257 e. The smallest absolute Gasteiger partial charge is 0.257 e. The third-order valence-corrected chi connectivity index (χ3v) is 5.82. The van der Waals surface area contributed by atoms with E-state index in [9.17, 15) is 14.7 Å². The Balaban J connectivity index is 1.83. The van der Waals surface area contributed by atoms with Crippen molar-refractivity contribution in [3.05, 3.63) is 23.8 Å². The van der Waals surface area contributed by atoms with Crippen molar-refractivity contribution in [3.63, 3.8) is 0 Å². The van der Waals surface area contributed by atoms with Crippen LogP contribution in [0.2, 0.25) is 0 Å². The van der Waals surface area contributed by atoms with E-state index in [1.807, 2.05) is 0 Å². The number of hydrogen-bond acceptors (Lipinski definition) is 5. The van der Waals surface area contributed by atoms with Crippen LogP contribution in [0.1, 0.15) is 23.7 Å². The minimum Gasteiger partial charge on any atom is -0.497 e. The van der Waals surface area contributed by atoms with Crippen molar-refractivity contribution < 1.29 is 24.2 Å². The highest BCUT2D eigenvalue weighted by atomic mass is 16.5. The summed E-state index contributed by atoms with van der Waals surface area (Å²) >= 11 is 0. The molecule has 0 bridgehead atoms. The molecule has 2 saturated heterocycles. The van der Waals surface area contributed by atoms with Crippen LogP contribution in [-0.2, 0) is 4.79 Å². The summed E-state index contributed by atoms with van der Waals surface area (Å²) in [6.07, 6.45) is 0.706. The molecule has 1 aromatic rings. The number of carbonyl (C=O) groups is 2. The van der Waals surface area contributed by atoms with Gasteiger partial charge in [0.05, 0.1) is 26.4 Å². The van der Waals surface area contributed by atoms with Gasteiger partial charge in [-0.3, -0.25) is 9.59 Å². The number of benzene rings is 1.